The summed E-state index contributed by atoms with van der Waals surface area (Å²) in [6, 6.07) is 20.5. The van der Waals surface area contributed by atoms with Crippen LogP contribution in [0, 0.1) is 0 Å². The van der Waals surface area contributed by atoms with Crippen molar-refractivity contribution >= 4 is 27.1 Å². The van der Waals surface area contributed by atoms with Gasteiger partial charge >= 0.3 is 5.97 Å². The summed E-state index contributed by atoms with van der Waals surface area (Å²) in [6.45, 7) is 2.14. The van der Waals surface area contributed by atoms with Crippen molar-refractivity contribution in [2.75, 3.05) is 5.75 Å². The first-order chi connectivity index (χ1) is 14.8. The normalized spacial score (nSPS) is 20.4. The average Bonchev–Trinajstić information content (AvgIpc) is 3.26. The fourth-order valence-corrected chi connectivity index (χ4v) is 8.13. The number of thiophene rings is 1. The molecule has 1 fully saturated rings. The number of aliphatic carboxylic acids is 1. The van der Waals surface area contributed by atoms with Crippen LogP contribution in [-0.4, -0.2) is 25.2 Å². The standard InChI is InChI=1S/C25H26O4S2/c1-2-18-5-7-19(8-6-18)20-9-11-21(12-10-20)22-13-14-23(30-22)25(17-24(26)27)15-3-4-16-31(25,28)29/h5-14H,2-4,15-17H2,1H3,(H,26,27)/t25-/m0/s1. The zero-order valence-electron chi connectivity index (χ0n) is 17.5. The first-order valence-corrected chi connectivity index (χ1v) is 13.1. The van der Waals surface area contributed by atoms with E-state index in [9.17, 15) is 18.3 Å². The Labute approximate surface area is 187 Å². The van der Waals surface area contributed by atoms with Crippen LogP contribution in [0.25, 0.3) is 21.6 Å². The zero-order chi connectivity index (χ0) is 22.1. The molecule has 1 aromatic heterocycles. The van der Waals surface area contributed by atoms with Gasteiger partial charge in [-0.25, -0.2) is 8.42 Å². The predicted molar refractivity (Wildman–Crippen MR) is 126 cm³/mol. The van der Waals surface area contributed by atoms with E-state index in [1.807, 2.05) is 24.3 Å². The summed E-state index contributed by atoms with van der Waals surface area (Å²) in [7, 11) is -3.52. The van der Waals surface area contributed by atoms with Gasteiger partial charge in [0.25, 0.3) is 0 Å². The van der Waals surface area contributed by atoms with Crippen LogP contribution in [0.4, 0.5) is 0 Å². The number of benzene rings is 2. The van der Waals surface area contributed by atoms with Gasteiger partial charge in [-0.15, -0.1) is 11.3 Å². The fourth-order valence-electron chi connectivity index (χ4n) is 4.36. The lowest BCUT2D eigenvalue weighted by atomic mass is 9.95. The summed E-state index contributed by atoms with van der Waals surface area (Å²) in [5, 5.41) is 9.46. The van der Waals surface area contributed by atoms with E-state index in [1.54, 1.807) is 0 Å². The maximum absolute atomic E-state index is 13.0. The van der Waals surface area contributed by atoms with Gasteiger partial charge in [-0.2, -0.15) is 0 Å². The number of aryl methyl sites for hydroxylation is 1. The molecule has 6 heteroatoms. The van der Waals surface area contributed by atoms with Gasteiger partial charge in [-0.3, -0.25) is 4.79 Å². The Balaban J connectivity index is 1.65. The molecule has 1 atom stereocenters. The molecule has 0 aliphatic carbocycles. The molecule has 1 aliphatic heterocycles. The van der Waals surface area contributed by atoms with Gasteiger partial charge in [0.05, 0.1) is 12.2 Å². The smallest absolute Gasteiger partial charge is 0.305 e. The highest BCUT2D eigenvalue weighted by atomic mass is 32.2. The van der Waals surface area contributed by atoms with Crippen molar-refractivity contribution in [3.8, 4) is 21.6 Å². The second-order valence-corrected chi connectivity index (χ2v) is 11.6. The van der Waals surface area contributed by atoms with Crippen molar-refractivity contribution in [1.29, 1.82) is 0 Å². The highest BCUT2D eigenvalue weighted by molar-refractivity contribution is 7.92. The molecule has 0 unspecified atom stereocenters. The van der Waals surface area contributed by atoms with Crippen molar-refractivity contribution < 1.29 is 18.3 Å². The first-order valence-electron chi connectivity index (χ1n) is 10.6. The highest BCUT2D eigenvalue weighted by Crippen LogP contribution is 2.47. The van der Waals surface area contributed by atoms with Gasteiger partial charge < -0.3 is 5.11 Å². The van der Waals surface area contributed by atoms with E-state index in [0.29, 0.717) is 17.7 Å². The van der Waals surface area contributed by atoms with Crippen LogP contribution in [-0.2, 0) is 25.8 Å². The molecule has 0 bridgehead atoms. The summed E-state index contributed by atoms with van der Waals surface area (Å²) < 4.78 is 24.6. The molecule has 4 rings (SSSR count). The van der Waals surface area contributed by atoms with Gasteiger partial charge in [0.2, 0.25) is 0 Å². The van der Waals surface area contributed by atoms with E-state index >= 15 is 0 Å². The van der Waals surface area contributed by atoms with Crippen LogP contribution < -0.4 is 0 Å². The lowest BCUT2D eigenvalue weighted by Gasteiger charge is -2.34. The first kappa shape index (κ1) is 21.8. The lowest BCUT2D eigenvalue weighted by Crippen LogP contribution is -2.41. The minimum absolute atomic E-state index is 0.0546. The molecule has 3 aromatic rings. The quantitative estimate of drug-likeness (QED) is 0.502. The Hall–Kier alpha value is -2.44. The molecule has 1 N–H and O–H groups in total. The number of carbonyl (C=O) groups is 1. The lowest BCUT2D eigenvalue weighted by molar-refractivity contribution is -0.137. The summed E-state index contributed by atoms with van der Waals surface area (Å²) in [6.07, 6.45) is 2.34. The minimum Gasteiger partial charge on any atom is -0.481 e. The molecule has 0 saturated carbocycles. The Bertz CT molecular complexity index is 1180. The largest absolute Gasteiger partial charge is 0.481 e. The van der Waals surface area contributed by atoms with Crippen LogP contribution in [0.3, 0.4) is 0 Å². The van der Waals surface area contributed by atoms with Crippen molar-refractivity contribution in [1.82, 2.24) is 0 Å². The monoisotopic (exact) mass is 454 g/mol. The van der Waals surface area contributed by atoms with Crippen molar-refractivity contribution in [3.05, 3.63) is 71.1 Å². The van der Waals surface area contributed by atoms with E-state index in [4.69, 9.17) is 0 Å². The molecule has 1 aliphatic rings. The van der Waals surface area contributed by atoms with Crippen molar-refractivity contribution in [2.45, 2.75) is 43.8 Å². The Kier molecular flexibility index (Phi) is 6.04. The van der Waals surface area contributed by atoms with Crippen LogP contribution in [0.1, 0.15) is 43.0 Å². The maximum atomic E-state index is 13.0. The van der Waals surface area contributed by atoms with E-state index < -0.39 is 20.6 Å². The van der Waals surface area contributed by atoms with Gasteiger partial charge in [0.15, 0.2) is 9.84 Å². The number of sulfone groups is 1. The highest BCUT2D eigenvalue weighted by Gasteiger charge is 2.49. The maximum Gasteiger partial charge on any atom is 0.305 e. The molecule has 1 saturated heterocycles. The number of hydrogen-bond acceptors (Lipinski definition) is 4. The second-order valence-electron chi connectivity index (χ2n) is 8.13. The van der Waals surface area contributed by atoms with Crippen LogP contribution in [0.2, 0.25) is 0 Å². The van der Waals surface area contributed by atoms with E-state index in [2.05, 4.69) is 43.3 Å². The number of carboxylic acid groups (broad SMARTS) is 1. The molecule has 0 radical (unpaired) electrons. The van der Waals surface area contributed by atoms with Crippen LogP contribution >= 0.6 is 11.3 Å². The summed E-state index contributed by atoms with van der Waals surface area (Å²) in [4.78, 5) is 13.2. The van der Waals surface area contributed by atoms with Crippen LogP contribution in [0.15, 0.2) is 60.7 Å². The van der Waals surface area contributed by atoms with Gasteiger partial charge in [-0.1, -0.05) is 61.9 Å². The molecule has 162 valence electrons. The predicted octanol–water partition coefficient (Wildman–Crippen LogP) is 5.91. The third-order valence-corrected chi connectivity index (χ3v) is 10.2. The van der Waals surface area contributed by atoms with Crippen molar-refractivity contribution in [2.24, 2.45) is 0 Å². The topological polar surface area (TPSA) is 71.4 Å². The third kappa shape index (κ3) is 4.19. The van der Waals surface area contributed by atoms with E-state index in [-0.39, 0.29) is 12.2 Å². The minimum atomic E-state index is -3.52. The fraction of sp³-hybridized carbons (Fsp3) is 0.320. The molecule has 2 heterocycles. The van der Waals surface area contributed by atoms with E-state index in [1.165, 1.54) is 16.9 Å². The molecule has 0 amide bonds. The third-order valence-electron chi connectivity index (χ3n) is 6.20. The number of hydrogen-bond donors (Lipinski definition) is 1. The average molecular weight is 455 g/mol. The SMILES string of the molecule is CCc1ccc(-c2ccc(-c3ccc([C@@]4(CC(=O)O)CCCCS4(=O)=O)s3)cc2)cc1. The molecule has 4 nitrogen and oxygen atoms in total. The van der Waals surface area contributed by atoms with Crippen molar-refractivity contribution in [3.63, 3.8) is 0 Å². The van der Waals surface area contributed by atoms with E-state index in [0.717, 1.165) is 34.4 Å². The molecule has 31 heavy (non-hydrogen) atoms. The summed E-state index contributed by atoms with van der Waals surface area (Å²) >= 11 is 1.40. The molecule has 0 spiro atoms. The number of carboxylic acids is 1. The Morgan fingerprint density at radius 2 is 1.55 bits per heavy atom. The van der Waals surface area contributed by atoms with Gasteiger partial charge in [0.1, 0.15) is 4.75 Å². The molecular weight excluding hydrogens is 428 g/mol. The summed E-state index contributed by atoms with van der Waals surface area (Å²) in [5.74, 6) is -1.02. The number of rotatable bonds is 6. The Morgan fingerprint density at radius 3 is 2.13 bits per heavy atom. The summed E-state index contributed by atoms with van der Waals surface area (Å²) in [5.41, 5.74) is 4.59. The zero-order valence-corrected chi connectivity index (χ0v) is 19.1. The second kappa shape index (κ2) is 8.60. The van der Waals surface area contributed by atoms with Gasteiger partial charge in [-0.05, 0) is 53.6 Å². The Morgan fingerprint density at radius 1 is 0.935 bits per heavy atom. The van der Waals surface area contributed by atoms with Gasteiger partial charge in [0, 0.05) is 9.75 Å². The molecule has 2 aromatic carbocycles. The van der Waals surface area contributed by atoms with Crippen LogP contribution in [0.5, 0.6) is 0 Å². The molecular formula is C25H26O4S2.